The minimum absolute atomic E-state index is 0.0164. The molecule has 2 N–H and O–H groups in total. The molecule has 0 aliphatic carbocycles. The van der Waals surface area contributed by atoms with Crippen LogP contribution in [0.4, 0.5) is 0 Å². The minimum Gasteiger partial charge on any atom is -0.405 e. The lowest BCUT2D eigenvalue weighted by Crippen LogP contribution is -2.49. The van der Waals surface area contributed by atoms with Crippen LogP contribution in [0.25, 0.3) is 0 Å². The maximum atomic E-state index is 12.7. The number of amides is 1. The van der Waals surface area contributed by atoms with Gasteiger partial charge >= 0.3 is 0 Å². The van der Waals surface area contributed by atoms with E-state index in [1.807, 2.05) is 30.3 Å². The summed E-state index contributed by atoms with van der Waals surface area (Å²) in [6.45, 7) is 14.3. The predicted molar refractivity (Wildman–Crippen MR) is 101 cm³/mol. The monoisotopic (exact) mass is 349 g/mol. The van der Waals surface area contributed by atoms with Gasteiger partial charge < -0.3 is 14.8 Å². The third-order valence-electron chi connectivity index (χ3n) is 4.62. The molecule has 1 aromatic carbocycles. The minimum atomic E-state index is -2.08. The van der Waals surface area contributed by atoms with E-state index in [0.29, 0.717) is 6.42 Å². The molecule has 0 bridgehead atoms. The van der Waals surface area contributed by atoms with Gasteiger partial charge in [0.25, 0.3) is 0 Å². The van der Waals surface area contributed by atoms with Crippen molar-refractivity contribution in [2.75, 3.05) is 6.61 Å². The van der Waals surface area contributed by atoms with Gasteiger partial charge in [0, 0.05) is 0 Å². The highest BCUT2D eigenvalue weighted by molar-refractivity contribution is 6.74. The van der Waals surface area contributed by atoms with Crippen LogP contribution in [0, 0.1) is 0 Å². The van der Waals surface area contributed by atoms with Crippen LogP contribution in [-0.2, 0) is 9.22 Å². The first-order valence-corrected chi connectivity index (χ1v) is 11.3. The number of carbonyl (C=O) groups is 1. The van der Waals surface area contributed by atoms with Crippen LogP contribution in [0.3, 0.4) is 0 Å². The Morgan fingerprint density at radius 1 is 1.33 bits per heavy atom. The lowest BCUT2D eigenvalue weighted by atomic mass is 10.1. The van der Waals surface area contributed by atoms with Gasteiger partial charge in [0.2, 0.25) is 5.91 Å². The van der Waals surface area contributed by atoms with E-state index < -0.39 is 20.5 Å². The normalized spacial score (nSPS) is 14.8. The van der Waals surface area contributed by atoms with Crippen molar-refractivity contribution in [2.45, 2.75) is 57.5 Å². The van der Waals surface area contributed by atoms with E-state index in [4.69, 9.17) is 4.43 Å². The van der Waals surface area contributed by atoms with Crippen molar-refractivity contribution >= 4 is 14.2 Å². The summed E-state index contributed by atoms with van der Waals surface area (Å²) in [6, 6.07) is 9.01. The molecule has 0 heterocycles. The number of benzene rings is 1. The molecule has 1 rings (SSSR count). The van der Waals surface area contributed by atoms with E-state index in [2.05, 4.69) is 45.8 Å². The van der Waals surface area contributed by atoms with Crippen molar-refractivity contribution in [1.29, 1.82) is 0 Å². The lowest BCUT2D eigenvalue weighted by molar-refractivity contribution is -0.129. The third-order valence-corrected chi connectivity index (χ3v) is 9.10. The summed E-state index contributed by atoms with van der Waals surface area (Å²) in [5.74, 6) is -0.206. The van der Waals surface area contributed by atoms with Crippen LogP contribution in [0.15, 0.2) is 43.0 Å². The molecule has 0 saturated carbocycles. The maximum absolute atomic E-state index is 12.7. The van der Waals surface area contributed by atoms with Crippen LogP contribution in [0.5, 0.6) is 0 Å². The Balaban J connectivity index is 2.88. The van der Waals surface area contributed by atoms with Crippen molar-refractivity contribution in [3.05, 3.63) is 48.6 Å². The highest BCUT2D eigenvalue weighted by Crippen LogP contribution is 2.37. The van der Waals surface area contributed by atoms with E-state index >= 15 is 0 Å². The summed E-state index contributed by atoms with van der Waals surface area (Å²) in [6.07, 6.45) is 1.57. The summed E-state index contributed by atoms with van der Waals surface area (Å²) >= 11 is 0. The van der Waals surface area contributed by atoms with Crippen LogP contribution in [-0.4, -0.2) is 32.0 Å². The number of aliphatic hydroxyl groups is 1. The van der Waals surface area contributed by atoms with Gasteiger partial charge in [-0.25, -0.2) is 0 Å². The highest BCUT2D eigenvalue weighted by Gasteiger charge is 2.40. The van der Waals surface area contributed by atoms with Crippen molar-refractivity contribution in [3.63, 3.8) is 0 Å². The van der Waals surface area contributed by atoms with Crippen LogP contribution < -0.4 is 5.32 Å². The second kappa shape index (κ2) is 8.60. The molecular weight excluding hydrogens is 318 g/mol. The molecule has 0 aliphatic heterocycles. The molecule has 0 spiro atoms. The van der Waals surface area contributed by atoms with Gasteiger partial charge in [-0.3, -0.25) is 4.79 Å². The number of nitrogens with one attached hydrogen (secondary N) is 1. The summed E-state index contributed by atoms with van der Waals surface area (Å²) < 4.78 is 6.26. The molecule has 134 valence electrons. The van der Waals surface area contributed by atoms with Gasteiger partial charge in [0.15, 0.2) is 8.32 Å². The second-order valence-electron chi connectivity index (χ2n) is 7.55. The Labute approximate surface area is 147 Å². The van der Waals surface area contributed by atoms with Gasteiger partial charge in [-0.05, 0) is 30.1 Å². The molecule has 0 radical (unpaired) electrons. The van der Waals surface area contributed by atoms with Crippen LogP contribution >= 0.6 is 0 Å². The average molecular weight is 350 g/mol. The third kappa shape index (κ3) is 5.58. The molecule has 24 heavy (non-hydrogen) atoms. The second-order valence-corrected chi connectivity index (χ2v) is 12.3. The van der Waals surface area contributed by atoms with E-state index in [-0.39, 0.29) is 17.6 Å². The van der Waals surface area contributed by atoms with Crippen molar-refractivity contribution in [2.24, 2.45) is 0 Å². The van der Waals surface area contributed by atoms with E-state index in [1.54, 1.807) is 6.08 Å². The zero-order valence-electron chi connectivity index (χ0n) is 15.5. The fraction of sp³-hybridized carbons (Fsp3) is 0.526. The lowest BCUT2D eigenvalue weighted by Gasteiger charge is -2.39. The predicted octanol–water partition coefficient (Wildman–Crippen LogP) is 3.80. The molecule has 0 fully saturated rings. The Kier molecular flexibility index (Phi) is 7.39. The first-order chi connectivity index (χ1) is 11.1. The Morgan fingerprint density at radius 2 is 1.92 bits per heavy atom. The summed E-state index contributed by atoms with van der Waals surface area (Å²) in [5.41, 5.74) is 0.873. The Morgan fingerprint density at radius 3 is 2.38 bits per heavy atom. The van der Waals surface area contributed by atoms with Crippen LogP contribution in [0.2, 0.25) is 18.1 Å². The van der Waals surface area contributed by atoms with Gasteiger partial charge in [0.05, 0.1) is 12.6 Å². The zero-order chi connectivity index (χ0) is 18.4. The van der Waals surface area contributed by atoms with Crippen molar-refractivity contribution in [1.82, 2.24) is 5.32 Å². The molecular formula is C19H31NO3Si. The summed E-state index contributed by atoms with van der Waals surface area (Å²) in [4.78, 5) is 12.7. The molecule has 1 aromatic rings. The Hall–Kier alpha value is -1.43. The summed E-state index contributed by atoms with van der Waals surface area (Å²) in [7, 11) is -2.08. The fourth-order valence-electron chi connectivity index (χ4n) is 2.08. The van der Waals surface area contributed by atoms with E-state index in [9.17, 15) is 9.90 Å². The van der Waals surface area contributed by atoms with Gasteiger partial charge in [0.1, 0.15) is 6.10 Å². The average Bonchev–Trinajstić information content (AvgIpc) is 2.51. The topological polar surface area (TPSA) is 58.6 Å². The zero-order valence-corrected chi connectivity index (χ0v) is 16.5. The molecule has 0 aromatic heterocycles. The largest absolute Gasteiger partial charge is 0.405 e. The number of hydrogen-bond acceptors (Lipinski definition) is 3. The van der Waals surface area contributed by atoms with E-state index in [1.165, 1.54) is 0 Å². The quantitative estimate of drug-likeness (QED) is 0.554. The first kappa shape index (κ1) is 20.6. The molecule has 1 amide bonds. The Bertz CT molecular complexity index is 537. The number of aliphatic hydroxyl groups excluding tert-OH is 1. The van der Waals surface area contributed by atoms with Crippen LogP contribution in [0.1, 0.15) is 38.8 Å². The fourth-order valence-corrected chi connectivity index (χ4v) is 3.34. The van der Waals surface area contributed by atoms with Crippen molar-refractivity contribution in [3.8, 4) is 0 Å². The van der Waals surface area contributed by atoms with Gasteiger partial charge in [-0.1, -0.05) is 57.2 Å². The smallest absolute Gasteiger partial charge is 0.248 e. The van der Waals surface area contributed by atoms with E-state index in [0.717, 1.165) is 5.56 Å². The summed E-state index contributed by atoms with van der Waals surface area (Å²) in [5, 5.41) is 12.6. The molecule has 2 atom stereocenters. The van der Waals surface area contributed by atoms with Gasteiger partial charge in [-0.15, -0.1) is 6.58 Å². The molecule has 0 unspecified atom stereocenters. The first-order valence-electron chi connectivity index (χ1n) is 8.37. The molecule has 5 heteroatoms. The SMILES string of the molecule is C=CC[C@@H](O[Si](C)(C)C(C)(C)C)C(=O)N[C@@H](CO)c1ccccc1. The molecule has 0 saturated heterocycles. The molecule has 4 nitrogen and oxygen atoms in total. The number of rotatable bonds is 8. The highest BCUT2D eigenvalue weighted by atomic mass is 28.4. The number of carbonyl (C=O) groups excluding carboxylic acids is 1. The van der Waals surface area contributed by atoms with Crippen molar-refractivity contribution < 1.29 is 14.3 Å². The molecule has 0 aliphatic rings. The number of hydrogen-bond donors (Lipinski definition) is 2. The maximum Gasteiger partial charge on any atom is 0.248 e. The standard InChI is InChI=1S/C19H31NO3Si/c1-7-11-17(23-24(5,6)19(2,3)4)18(22)20-16(14-21)15-12-9-8-10-13-15/h7-10,12-13,16-17,21H,1,11,14H2,2-6H3,(H,20,22)/t16-,17+/m0/s1. The van der Waals surface area contributed by atoms with Gasteiger partial charge in [-0.2, -0.15) is 0 Å².